The molecule has 0 fully saturated rings. The molecule has 16 heavy (non-hydrogen) atoms. The largest absolute Gasteiger partial charge is 0.277 e. The molecule has 1 aromatic heterocycles. The first-order valence-electron chi connectivity index (χ1n) is 5.00. The molecule has 0 atom stereocenters. The Morgan fingerprint density at radius 2 is 2.12 bits per heavy atom. The normalized spacial score (nSPS) is 10.3. The summed E-state index contributed by atoms with van der Waals surface area (Å²) in [7, 11) is 0. The smallest absolute Gasteiger partial charge is 0.195 e. The predicted molar refractivity (Wildman–Crippen MR) is 66.9 cm³/mol. The number of nitrogens with zero attached hydrogens (tertiary/aromatic N) is 3. The van der Waals surface area contributed by atoms with Gasteiger partial charge in [0.2, 0.25) is 0 Å². The first-order valence-corrected chi connectivity index (χ1v) is 5.98. The van der Waals surface area contributed by atoms with Crippen LogP contribution in [-0.2, 0) is 0 Å². The fraction of sp³-hybridized carbons (Fsp3) is 0.167. The van der Waals surface area contributed by atoms with Gasteiger partial charge in [-0.3, -0.25) is 4.57 Å². The highest BCUT2D eigenvalue weighted by Gasteiger charge is 2.05. The summed E-state index contributed by atoms with van der Waals surface area (Å²) in [6.07, 6.45) is 1.73. The molecule has 0 aliphatic rings. The van der Waals surface area contributed by atoms with Crippen molar-refractivity contribution in [3.8, 4) is 5.69 Å². The molecule has 0 unspecified atom stereocenters. The Morgan fingerprint density at radius 1 is 1.38 bits per heavy atom. The third kappa shape index (κ3) is 2.52. The van der Waals surface area contributed by atoms with Crippen LogP contribution < -0.4 is 0 Å². The van der Waals surface area contributed by atoms with Gasteiger partial charge in [-0.1, -0.05) is 42.1 Å². The van der Waals surface area contributed by atoms with Crippen LogP contribution in [0.25, 0.3) is 5.69 Å². The maximum Gasteiger partial charge on any atom is 0.195 e. The standard InChI is InChI=1S/C12H13N3S/c1-10(2)8-16-12-14-13-9-15(12)11-6-4-3-5-7-11/h3-7,9H,1,8H2,2H3. The summed E-state index contributed by atoms with van der Waals surface area (Å²) in [4.78, 5) is 0. The van der Waals surface area contributed by atoms with Crippen LogP contribution in [-0.4, -0.2) is 20.5 Å². The van der Waals surface area contributed by atoms with Gasteiger partial charge in [0.1, 0.15) is 6.33 Å². The zero-order chi connectivity index (χ0) is 11.4. The molecule has 82 valence electrons. The van der Waals surface area contributed by atoms with E-state index in [1.807, 2.05) is 41.8 Å². The lowest BCUT2D eigenvalue weighted by atomic mass is 10.3. The quantitative estimate of drug-likeness (QED) is 0.598. The molecular formula is C12H13N3S. The van der Waals surface area contributed by atoms with Gasteiger partial charge in [-0.25, -0.2) is 0 Å². The molecule has 0 saturated heterocycles. The van der Waals surface area contributed by atoms with E-state index < -0.39 is 0 Å². The van der Waals surface area contributed by atoms with E-state index in [2.05, 4.69) is 16.8 Å². The van der Waals surface area contributed by atoms with Crippen molar-refractivity contribution in [1.29, 1.82) is 0 Å². The number of rotatable bonds is 4. The summed E-state index contributed by atoms with van der Waals surface area (Å²) >= 11 is 1.65. The Morgan fingerprint density at radius 3 is 2.81 bits per heavy atom. The van der Waals surface area contributed by atoms with E-state index in [9.17, 15) is 0 Å². The summed E-state index contributed by atoms with van der Waals surface area (Å²) in [5.41, 5.74) is 2.21. The molecule has 0 radical (unpaired) electrons. The van der Waals surface area contributed by atoms with Crippen molar-refractivity contribution in [2.24, 2.45) is 0 Å². The Hall–Kier alpha value is -1.55. The number of hydrogen-bond donors (Lipinski definition) is 0. The number of aromatic nitrogens is 3. The van der Waals surface area contributed by atoms with Crippen molar-refractivity contribution in [3.63, 3.8) is 0 Å². The highest BCUT2D eigenvalue weighted by molar-refractivity contribution is 7.99. The average molecular weight is 231 g/mol. The van der Waals surface area contributed by atoms with Crippen LogP contribution in [0.3, 0.4) is 0 Å². The molecule has 0 spiro atoms. The molecule has 3 nitrogen and oxygen atoms in total. The molecule has 0 bridgehead atoms. The molecule has 2 aromatic rings. The average Bonchev–Trinajstić information content (AvgIpc) is 2.75. The lowest BCUT2D eigenvalue weighted by Gasteiger charge is -2.05. The van der Waals surface area contributed by atoms with Gasteiger partial charge in [-0.15, -0.1) is 10.2 Å². The topological polar surface area (TPSA) is 30.7 Å². The van der Waals surface area contributed by atoms with Crippen molar-refractivity contribution in [3.05, 3.63) is 48.8 Å². The van der Waals surface area contributed by atoms with Gasteiger partial charge < -0.3 is 0 Å². The van der Waals surface area contributed by atoms with Gasteiger partial charge in [0.25, 0.3) is 0 Å². The van der Waals surface area contributed by atoms with E-state index in [1.165, 1.54) is 0 Å². The maximum absolute atomic E-state index is 4.10. The molecule has 0 saturated carbocycles. The van der Waals surface area contributed by atoms with Crippen LogP contribution in [0.5, 0.6) is 0 Å². The molecular weight excluding hydrogens is 218 g/mol. The number of hydrogen-bond acceptors (Lipinski definition) is 3. The van der Waals surface area contributed by atoms with Gasteiger partial charge >= 0.3 is 0 Å². The lowest BCUT2D eigenvalue weighted by molar-refractivity contribution is 0.885. The summed E-state index contributed by atoms with van der Waals surface area (Å²) in [6, 6.07) is 10.1. The van der Waals surface area contributed by atoms with Crippen molar-refractivity contribution < 1.29 is 0 Å². The second-order valence-electron chi connectivity index (χ2n) is 3.56. The Bertz CT molecular complexity index is 476. The van der Waals surface area contributed by atoms with Crippen LogP contribution in [0.4, 0.5) is 0 Å². The van der Waals surface area contributed by atoms with Crippen LogP contribution in [0, 0.1) is 0 Å². The Labute approximate surface area is 99.2 Å². The summed E-state index contributed by atoms with van der Waals surface area (Å²) in [5.74, 6) is 0.867. The molecule has 0 aliphatic carbocycles. The second-order valence-corrected chi connectivity index (χ2v) is 4.51. The molecule has 0 aliphatic heterocycles. The summed E-state index contributed by atoms with van der Waals surface area (Å²) in [5, 5.41) is 8.94. The van der Waals surface area contributed by atoms with Gasteiger partial charge in [-0.05, 0) is 19.1 Å². The maximum atomic E-state index is 4.10. The summed E-state index contributed by atoms with van der Waals surface area (Å²) in [6.45, 7) is 5.89. The van der Waals surface area contributed by atoms with E-state index in [4.69, 9.17) is 0 Å². The highest BCUT2D eigenvalue weighted by Crippen LogP contribution is 2.20. The molecule has 1 heterocycles. The predicted octanol–water partition coefficient (Wildman–Crippen LogP) is 2.94. The Balaban J connectivity index is 2.23. The van der Waals surface area contributed by atoms with E-state index in [-0.39, 0.29) is 0 Å². The zero-order valence-corrected chi connectivity index (χ0v) is 9.94. The highest BCUT2D eigenvalue weighted by atomic mass is 32.2. The van der Waals surface area contributed by atoms with Crippen LogP contribution >= 0.6 is 11.8 Å². The Kier molecular flexibility index (Phi) is 3.41. The molecule has 4 heteroatoms. The SMILES string of the molecule is C=C(C)CSc1nncn1-c1ccccc1. The van der Waals surface area contributed by atoms with Crippen molar-refractivity contribution in [2.45, 2.75) is 12.1 Å². The summed E-state index contributed by atoms with van der Waals surface area (Å²) < 4.78 is 1.98. The van der Waals surface area contributed by atoms with Crippen LogP contribution in [0.15, 0.2) is 54.0 Å². The van der Waals surface area contributed by atoms with Crippen LogP contribution in [0.2, 0.25) is 0 Å². The van der Waals surface area contributed by atoms with E-state index >= 15 is 0 Å². The minimum atomic E-state index is 0.867. The van der Waals surface area contributed by atoms with Gasteiger partial charge in [0.05, 0.1) is 0 Å². The molecule has 0 N–H and O–H groups in total. The van der Waals surface area contributed by atoms with Crippen LogP contribution in [0.1, 0.15) is 6.92 Å². The first kappa shape index (κ1) is 11.0. The minimum absolute atomic E-state index is 0.867. The fourth-order valence-electron chi connectivity index (χ4n) is 1.28. The third-order valence-corrected chi connectivity index (χ3v) is 3.17. The zero-order valence-electron chi connectivity index (χ0n) is 9.13. The van der Waals surface area contributed by atoms with Gasteiger partial charge in [0, 0.05) is 11.4 Å². The van der Waals surface area contributed by atoms with Crippen molar-refractivity contribution >= 4 is 11.8 Å². The molecule has 2 rings (SSSR count). The van der Waals surface area contributed by atoms with Gasteiger partial charge in [-0.2, -0.15) is 0 Å². The minimum Gasteiger partial charge on any atom is -0.277 e. The van der Waals surface area contributed by atoms with E-state index in [0.717, 1.165) is 22.2 Å². The van der Waals surface area contributed by atoms with E-state index in [1.54, 1.807) is 18.1 Å². The second kappa shape index (κ2) is 4.99. The van der Waals surface area contributed by atoms with Crippen molar-refractivity contribution in [2.75, 3.05) is 5.75 Å². The third-order valence-electron chi connectivity index (χ3n) is 2.00. The van der Waals surface area contributed by atoms with E-state index in [0.29, 0.717) is 0 Å². The van der Waals surface area contributed by atoms with Gasteiger partial charge in [0.15, 0.2) is 5.16 Å². The lowest BCUT2D eigenvalue weighted by Crippen LogP contribution is -1.95. The number of para-hydroxylation sites is 1. The molecule has 1 aromatic carbocycles. The number of thioether (sulfide) groups is 1. The fourth-order valence-corrected chi connectivity index (χ4v) is 2.05. The first-order chi connectivity index (χ1) is 7.77. The number of benzene rings is 1. The monoisotopic (exact) mass is 231 g/mol. The molecule has 0 amide bonds. The van der Waals surface area contributed by atoms with Crippen molar-refractivity contribution in [1.82, 2.24) is 14.8 Å².